The van der Waals surface area contributed by atoms with Crippen LogP contribution in [0, 0.1) is 0 Å². The fourth-order valence-electron chi connectivity index (χ4n) is 3.39. The zero-order valence-corrected chi connectivity index (χ0v) is 11.2. The Morgan fingerprint density at radius 3 is 2.29 bits per heavy atom. The molecular formula is C12H17F6NO2. The van der Waals surface area contributed by atoms with Crippen molar-refractivity contribution in [3.63, 3.8) is 0 Å². The van der Waals surface area contributed by atoms with Crippen molar-refractivity contribution in [3.8, 4) is 0 Å². The molecule has 0 aromatic heterocycles. The molecule has 124 valence electrons. The normalized spacial score (nSPS) is 31.1. The van der Waals surface area contributed by atoms with Crippen molar-refractivity contribution in [1.29, 1.82) is 0 Å². The molecule has 2 heterocycles. The van der Waals surface area contributed by atoms with E-state index in [1.807, 2.05) is 0 Å². The van der Waals surface area contributed by atoms with Crippen LogP contribution in [0.5, 0.6) is 0 Å². The predicted octanol–water partition coefficient (Wildman–Crippen LogP) is 2.49. The van der Waals surface area contributed by atoms with Crippen LogP contribution in [0.4, 0.5) is 26.3 Å². The second kappa shape index (κ2) is 5.58. The average Bonchev–Trinajstić information content (AvgIpc) is 2.86. The van der Waals surface area contributed by atoms with E-state index in [1.165, 1.54) is 0 Å². The molecule has 9 heteroatoms. The molecule has 0 saturated carbocycles. The largest absolute Gasteiger partial charge is 0.423 e. The average molecular weight is 321 g/mol. The van der Waals surface area contributed by atoms with Crippen LogP contribution in [0.3, 0.4) is 0 Å². The van der Waals surface area contributed by atoms with Crippen molar-refractivity contribution in [3.05, 3.63) is 0 Å². The maximum atomic E-state index is 12.4. The Bertz CT molecular complexity index is 358. The van der Waals surface area contributed by atoms with E-state index in [1.54, 1.807) is 4.90 Å². The number of hydrogen-bond acceptors (Lipinski definition) is 3. The number of ether oxygens (including phenoxy) is 1. The highest BCUT2D eigenvalue weighted by Crippen LogP contribution is 2.43. The van der Waals surface area contributed by atoms with Gasteiger partial charge in [-0.15, -0.1) is 0 Å². The van der Waals surface area contributed by atoms with Crippen LogP contribution in [-0.4, -0.2) is 59.8 Å². The molecule has 21 heavy (non-hydrogen) atoms. The van der Waals surface area contributed by atoms with Gasteiger partial charge in [0.1, 0.15) is 0 Å². The molecule has 3 nitrogen and oxygen atoms in total. The van der Waals surface area contributed by atoms with E-state index in [9.17, 15) is 31.4 Å². The fraction of sp³-hybridized carbons (Fsp3) is 1.00. The van der Waals surface area contributed by atoms with Gasteiger partial charge >= 0.3 is 12.4 Å². The predicted molar refractivity (Wildman–Crippen MR) is 60.6 cm³/mol. The molecule has 2 fully saturated rings. The highest BCUT2D eigenvalue weighted by atomic mass is 19.4. The number of rotatable bonds is 4. The van der Waals surface area contributed by atoms with Gasteiger partial charge in [0.15, 0.2) is 0 Å². The van der Waals surface area contributed by atoms with E-state index in [4.69, 9.17) is 0 Å². The van der Waals surface area contributed by atoms with E-state index >= 15 is 0 Å². The van der Waals surface area contributed by atoms with Gasteiger partial charge in [-0.05, 0) is 32.2 Å². The minimum absolute atomic E-state index is 0.133. The third kappa shape index (κ3) is 3.29. The maximum Gasteiger partial charge on any atom is 0.423 e. The lowest BCUT2D eigenvalue weighted by Gasteiger charge is -2.34. The van der Waals surface area contributed by atoms with Gasteiger partial charge in [0.2, 0.25) is 6.10 Å². The van der Waals surface area contributed by atoms with Crippen LogP contribution >= 0.6 is 0 Å². The van der Waals surface area contributed by atoms with Crippen LogP contribution < -0.4 is 0 Å². The Morgan fingerprint density at radius 1 is 1.14 bits per heavy atom. The van der Waals surface area contributed by atoms with Crippen LogP contribution in [-0.2, 0) is 4.74 Å². The van der Waals surface area contributed by atoms with Crippen LogP contribution in [0.15, 0.2) is 0 Å². The second-order valence-corrected chi connectivity index (χ2v) is 5.67. The molecule has 2 rings (SSSR count). The van der Waals surface area contributed by atoms with Gasteiger partial charge in [0.05, 0.1) is 13.2 Å². The molecule has 2 atom stereocenters. The quantitative estimate of drug-likeness (QED) is 0.808. The number of halogens is 6. The number of nitrogens with zero attached hydrogens (tertiary/aromatic N) is 1. The lowest BCUT2D eigenvalue weighted by molar-refractivity contribution is -0.323. The molecule has 0 aromatic carbocycles. The molecule has 0 bridgehead atoms. The molecule has 0 radical (unpaired) electrons. The summed E-state index contributed by atoms with van der Waals surface area (Å²) < 4.78 is 78.6. The zero-order valence-electron chi connectivity index (χ0n) is 11.2. The second-order valence-electron chi connectivity index (χ2n) is 5.67. The third-order valence-electron chi connectivity index (χ3n) is 4.38. The SMILES string of the molecule is OCC12CCCN1[C@H](COC(C(F)(F)F)C(F)(F)F)CC2. The Kier molecular flexibility index (Phi) is 4.47. The highest BCUT2D eigenvalue weighted by Gasteiger charge is 2.58. The number of fused-ring (bicyclic) bond motifs is 1. The molecular weight excluding hydrogens is 304 g/mol. The number of aliphatic hydroxyl groups is 1. The summed E-state index contributed by atoms with van der Waals surface area (Å²) in [6.07, 6.45) is -12.2. The Morgan fingerprint density at radius 2 is 1.76 bits per heavy atom. The first kappa shape index (κ1) is 16.8. The Balaban J connectivity index is 1.99. The minimum Gasteiger partial charge on any atom is -0.394 e. The van der Waals surface area contributed by atoms with Crippen LogP contribution in [0.25, 0.3) is 0 Å². The Hall–Kier alpha value is -0.540. The van der Waals surface area contributed by atoms with Crippen molar-refractivity contribution in [1.82, 2.24) is 4.90 Å². The van der Waals surface area contributed by atoms with Crippen molar-refractivity contribution < 1.29 is 36.2 Å². The molecule has 0 spiro atoms. The fourth-order valence-corrected chi connectivity index (χ4v) is 3.39. The van der Waals surface area contributed by atoms with E-state index in [2.05, 4.69) is 4.74 Å². The molecule has 2 aliphatic rings. The van der Waals surface area contributed by atoms with Crippen molar-refractivity contribution in [2.45, 2.75) is 55.7 Å². The summed E-state index contributed by atoms with van der Waals surface area (Å²) in [5.41, 5.74) is -0.486. The van der Waals surface area contributed by atoms with Crippen molar-refractivity contribution in [2.24, 2.45) is 0 Å². The van der Waals surface area contributed by atoms with Gasteiger partial charge in [-0.3, -0.25) is 4.90 Å². The zero-order chi connectivity index (χ0) is 15.9. The first-order valence-corrected chi connectivity index (χ1v) is 6.73. The smallest absolute Gasteiger partial charge is 0.394 e. The molecule has 2 saturated heterocycles. The molecule has 1 unspecified atom stereocenters. The minimum atomic E-state index is -5.48. The van der Waals surface area contributed by atoms with Gasteiger partial charge in [0.25, 0.3) is 0 Å². The van der Waals surface area contributed by atoms with Crippen molar-refractivity contribution in [2.75, 3.05) is 19.8 Å². The summed E-state index contributed by atoms with van der Waals surface area (Å²) in [6, 6.07) is -0.508. The van der Waals surface area contributed by atoms with Crippen LogP contribution in [0.1, 0.15) is 25.7 Å². The summed E-state index contributed by atoms with van der Waals surface area (Å²) >= 11 is 0. The lowest BCUT2D eigenvalue weighted by atomic mass is 9.95. The van der Waals surface area contributed by atoms with Gasteiger partial charge in [-0.25, -0.2) is 0 Å². The molecule has 0 aliphatic carbocycles. The van der Waals surface area contributed by atoms with E-state index in [-0.39, 0.29) is 6.61 Å². The third-order valence-corrected chi connectivity index (χ3v) is 4.38. The molecule has 0 aromatic rings. The maximum absolute atomic E-state index is 12.4. The number of hydrogen-bond donors (Lipinski definition) is 1. The topological polar surface area (TPSA) is 32.7 Å². The summed E-state index contributed by atoms with van der Waals surface area (Å²) in [5.74, 6) is 0. The summed E-state index contributed by atoms with van der Waals surface area (Å²) in [4.78, 5) is 1.80. The van der Waals surface area contributed by atoms with E-state index in [0.29, 0.717) is 25.8 Å². The summed E-state index contributed by atoms with van der Waals surface area (Å²) in [6.45, 7) is -0.200. The van der Waals surface area contributed by atoms with Gasteiger partial charge in [-0.2, -0.15) is 26.3 Å². The number of aliphatic hydroxyl groups excluding tert-OH is 1. The van der Waals surface area contributed by atoms with Crippen molar-refractivity contribution >= 4 is 0 Å². The summed E-state index contributed by atoms with van der Waals surface area (Å²) in [5, 5.41) is 9.44. The Labute approximate surface area is 117 Å². The van der Waals surface area contributed by atoms with E-state index in [0.717, 1.165) is 6.42 Å². The van der Waals surface area contributed by atoms with E-state index < -0.39 is 36.6 Å². The first-order chi connectivity index (χ1) is 9.60. The lowest BCUT2D eigenvalue weighted by Crippen LogP contribution is -2.49. The highest BCUT2D eigenvalue weighted by molar-refractivity contribution is 5.04. The molecule has 1 N–H and O–H groups in total. The standard InChI is InChI=1S/C12H17F6NO2/c13-11(14,15)9(12(16,17)18)21-6-8-2-4-10(7-20)3-1-5-19(8)10/h8-9,20H,1-7H2/t8-,10?/m0/s1. The van der Waals surface area contributed by atoms with Gasteiger partial charge in [0, 0.05) is 11.6 Å². The summed E-state index contributed by atoms with van der Waals surface area (Å²) in [7, 11) is 0. The first-order valence-electron chi connectivity index (χ1n) is 6.73. The molecule has 0 amide bonds. The van der Waals surface area contributed by atoms with Gasteiger partial charge in [-0.1, -0.05) is 0 Å². The monoisotopic (exact) mass is 321 g/mol. The van der Waals surface area contributed by atoms with Gasteiger partial charge < -0.3 is 9.84 Å². The molecule has 2 aliphatic heterocycles. The van der Waals surface area contributed by atoms with Crippen LogP contribution in [0.2, 0.25) is 0 Å². The number of alkyl halides is 6.